The molecule has 2 aliphatic rings. The first-order chi connectivity index (χ1) is 6.33. The Bertz CT molecular complexity index is 210. The normalized spacial score (nSPS) is 35.6. The Kier molecular flexibility index (Phi) is 4.20. The lowest BCUT2D eigenvalue weighted by Crippen LogP contribution is -2.37. The van der Waals surface area contributed by atoms with Gasteiger partial charge in [0.2, 0.25) is 0 Å². The average Bonchev–Trinajstić information content (AvgIpc) is 2.60. The number of halogens is 1. The summed E-state index contributed by atoms with van der Waals surface area (Å²) in [7, 11) is 1.47. The van der Waals surface area contributed by atoms with E-state index in [-0.39, 0.29) is 24.4 Å². The fourth-order valence-corrected chi connectivity index (χ4v) is 2.74. The van der Waals surface area contributed by atoms with Gasteiger partial charge in [0.1, 0.15) is 6.04 Å². The second kappa shape index (κ2) is 4.99. The van der Waals surface area contributed by atoms with Crippen LogP contribution in [-0.4, -0.2) is 25.7 Å². The molecule has 82 valence electrons. The fraction of sp³-hybridized carbons (Fsp3) is 0.900. The van der Waals surface area contributed by atoms with E-state index in [2.05, 4.69) is 5.32 Å². The van der Waals surface area contributed by atoms with Gasteiger partial charge >= 0.3 is 5.97 Å². The van der Waals surface area contributed by atoms with E-state index in [0.717, 1.165) is 12.5 Å². The van der Waals surface area contributed by atoms with E-state index in [1.807, 2.05) is 0 Å². The molecule has 14 heavy (non-hydrogen) atoms. The van der Waals surface area contributed by atoms with Crippen LogP contribution in [0, 0.1) is 11.8 Å². The maximum absolute atomic E-state index is 11.4. The standard InChI is InChI=1S/C10H17NO2.ClH/c1-13-10(12)9-8-5-3-2-4-7(8)6-11-9;/h7-9,11H,2-6H2,1H3;1H/t7-,8-,9+;/m1./s1. The van der Waals surface area contributed by atoms with Crippen molar-refractivity contribution in [2.24, 2.45) is 11.8 Å². The van der Waals surface area contributed by atoms with Gasteiger partial charge in [0, 0.05) is 0 Å². The third-order valence-electron chi connectivity index (χ3n) is 3.45. The first-order valence-electron chi connectivity index (χ1n) is 5.14. The predicted octanol–water partition coefficient (Wildman–Crippen LogP) is 1.36. The summed E-state index contributed by atoms with van der Waals surface area (Å²) >= 11 is 0. The topological polar surface area (TPSA) is 38.3 Å². The second-order valence-corrected chi connectivity index (χ2v) is 4.12. The highest BCUT2D eigenvalue weighted by atomic mass is 35.5. The molecule has 1 aliphatic heterocycles. The van der Waals surface area contributed by atoms with Crippen LogP contribution in [0.1, 0.15) is 25.7 Å². The highest BCUT2D eigenvalue weighted by Crippen LogP contribution is 2.36. The van der Waals surface area contributed by atoms with Crippen molar-refractivity contribution in [3.8, 4) is 0 Å². The van der Waals surface area contributed by atoms with Crippen molar-refractivity contribution in [2.75, 3.05) is 13.7 Å². The molecule has 3 nitrogen and oxygen atoms in total. The Morgan fingerprint density at radius 2 is 2.07 bits per heavy atom. The minimum atomic E-state index is -0.0746. The van der Waals surface area contributed by atoms with Crippen molar-refractivity contribution in [1.29, 1.82) is 0 Å². The molecular formula is C10H18ClNO2. The molecule has 0 aromatic rings. The number of carbonyl (C=O) groups excluding carboxylic acids is 1. The summed E-state index contributed by atoms with van der Waals surface area (Å²) < 4.78 is 4.78. The lowest BCUT2D eigenvalue weighted by Gasteiger charge is -2.26. The molecule has 0 aromatic heterocycles. The lowest BCUT2D eigenvalue weighted by atomic mass is 9.78. The summed E-state index contributed by atoms with van der Waals surface area (Å²) in [4.78, 5) is 11.4. The van der Waals surface area contributed by atoms with Crippen molar-refractivity contribution in [1.82, 2.24) is 5.32 Å². The van der Waals surface area contributed by atoms with E-state index in [0.29, 0.717) is 5.92 Å². The first kappa shape index (κ1) is 11.8. The lowest BCUT2D eigenvalue weighted by molar-refractivity contribution is -0.144. The van der Waals surface area contributed by atoms with Gasteiger partial charge in [-0.3, -0.25) is 4.79 Å². The monoisotopic (exact) mass is 219 g/mol. The van der Waals surface area contributed by atoms with Gasteiger partial charge in [-0.1, -0.05) is 12.8 Å². The van der Waals surface area contributed by atoms with E-state index in [1.165, 1.54) is 32.8 Å². The SMILES string of the molecule is COC(=O)[C@H]1NC[C@H]2CCCC[C@H]21.Cl. The molecule has 3 atom stereocenters. The molecule has 0 radical (unpaired) electrons. The smallest absolute Gasteiger partial charge is 0.323 e. The van der Waals surface area contributed by atoms with Crippen LogP contribution >= 0.6 is 12.4 Å². The van der Waals surface area contributed by atoms with E-state index in [1.54, 1.807) is 0 Å². The maximum atomic E-state index is 11.4. The predicted molar refractivity (Wildman–Crippen MR) is 56.5 cm³/mol. The molecule has 1 N–H and O–H groups in total. The van der Waals surface area contributed by atoms with Gasteiger partial charge in [-0.05, 0) is 31.2 Å². The number of nitrogens with one attached hydrogen (secondary N) is 1. The number of esters is 1. The summed E-state index contributed by atoms with van der Waals surface area (Å²) in [5.74, 6) is 1.19. The zero-order valence-electron chi connectivity index (χ0n) is 8.49. The van der Waals surface area contributed by atoms with Gasteiger partial charge in [0.15, 0.2) is 0 Å². The van der Waals surface area contributed by atoms with Gasteiger partial charge < -0.3 is 10.1 Å². The number of rotatable bonds is 1. The minimum Gasteiger partial charge on any atom is -0.468 e. The van der Waals surface area contributed by atoms with Crippen LogP contribution in [0.2, 0.25) is 0 Å². The first-order valence-corrected chi connectivity index (χ1v) is 5.14. The van der Waals surface area contributed by atoms with E-state index in [4.69, 9.17) is 4.74 Å². The number of fused-ring (bicyclic) bond motifs is 1. The largest absolute Gasteiger partial charge is 0.468 e. The Labute approximate surface area is 91.0 Å². The molecule has 0 aromatic carbocycles. The number of carbonyl (C=O) groups is 1. The molecule has 1 saturated heterocycles. The molecule has 0 spiro atoms. The average molecular weight is 220 g/mol. The van der Waals surface area contributed by atoms with Crippen LogP contribution in [-0.2, 0) is 9.53 Å². The quantitative estimate of drug-likeness (QED) is 0.677. The van der Waals surface area contributed by atoms with E-state index < -0.39 is 0 Å². The van der Waals surface area contributed by atoms with Crippen molar-refractivity contribution < 1.29 is 9.53 Å². The van der Waals surface area contributed by atoms with Crippen molar-refractivity contribution >= 4 is 18.4 Å². The van der Waals surface area contributed by atoms with Gasteiger partial charge in [-0.25, -0.2) is 0 Å². The summed E-state index contributed by atoms with van der Waals surface area (Å²) in [6.07, 6.45) is 5.08. The highest BCUT2D eigenvalue weighted by molar-refractivity contribution is 5.85. The Hall–Kier alpha value is -0.280. The fourth-order valence-electron chi connectivity index (χ4n) is 2.74. The molecule has 0 bridgehead atoms. The molecule has 1 heterocycles. The van der Waals surface area contributed by atoms with Crippen LogP contribution in [0.4, 0.5) is 0 Å². The molecule has 4 heteroatoms. The van der Waals surface area contributed by atoms with Gasteiger partial charge in [-0.15, -0.1) is 12.4 Å². The van der Waals surface area contributed by atoms with Gasteiger partial charge in [0.25, 0.3) is 0 Å². The Morgan fingerprint density at radius 1 is 1.36 bits per heavy atom. The third kappa shape index (κ3) is 2.04. The van der Waals surface area contributed by atoms with Gasteiger partial charge in [-0.2, -0.15) is 0 Å². The zero-order chi connectivity index (χ0) is 9.26. The second-order valence-electron chi connectivity index (χ2n) is 4.12. The molecule has 0 amide bonds. The number of hydrogen-bond donors (Lipinski definition) is 1. The van der Waals surface area contributed by atoms with Crippen molar-refractivity contribution in [3.05, 3.63) is 0 Å². The summed E-state index contributed by atoms with van der Waals surface area (Å²) in [6.45, 7) is 1.00. The Morgan fingerprint density at radius 3 is 2.79 bits per heavy atom. The van der Waals surface area contributed by atoms with Crippen LogP contribution in [0.15, 0.2) is 0 Å². The van der Waals surface area contributed by atoms with Crippen LogP contribution in [0.3, 0.4) is 0 Å². The van der Waals surface area contributed by atoms with E-state index in [9.17, 15) is 4.79 Å². The number of ether oxygens (including phenoxy) is 1. The summed E-state index contributed by atoms with van der Waals surface area (Å²) in [5, 5.41) is 3.27. The molecule has 2 rings (SSSR count). The molecule has 1 aliphatic carbocycles. The molecular weight excluding hydrogens is 202 g/mol. The number of methoxy groups -OCH3 is 1. The van der Waals surface area contributed by atoms with Crippen LogP contribution in [0.25, 0.3) is 0 Å². The number of hydrogen-bond acceptors (Lipinski definition) is 3. The third-order valence-corrected chi connectivity index (χ3v) is 3.45. The molecule has 0 unspecified atom stereocenters. The van der Waals surface area contributed by atoms with Crippen LogP contribution < -0.4 is 5.32 Å². The molecule has 1 saturated carbocycles. The minimum absolute atomic E-state index is 0. The summed E-state index contributed by atoms with van der Waals surface area (Å²) in [6, 6.07) is -0.0182. The van der Waals surface area contributed by atoms with Crippen molar-refractivity contribution in [2.45, 2.75) is 31.7 Å². The van der Waals surface area contributed by atoms with Gasteiger partial charge in [0.05, 0.1) is 7.11 Å². The van der Waals surface area contributed by atoms with Crippen molar-refractivity contribution in [3.63, 3.8) is 0 Å². The Balaban J connectivity index is 0.000000980. The molecule has 2 fully saturated rings. The maximum Gasteiger partial charge on any atom is 0.323 e. The highest BCUT2D eigenvalue weighted by Gasteiger charge is 2.41. The zero-order valence-corrected chi connectivity index (χ0v) is 9.31. The summed E-state index contributed by atoms with van der Waals surface area (Å²) in [5.41, 5.74) is 0. The van der Waals surface area contributed by atoms with E-state index >= 15 is 0 Å². The van der Waals surface area contributed by atoms with Crippen LogP contribution in [0.5, 0.6) is 0 Å².